The van der Waals surface area contributed by atoms with E-state index >= 15 is 0 Å². The van der Waals surface area contributed by atoms with E-state index in [9.17, 15) is 19.8 Å². The van der Waals surface area contributed by atoms with Crippen molar-refractivity contribution in [3.8, 4) is 0 Å². The summed E-state index contributed by atoms with van der Waals surface area (Å²) >= 11 is 0. The maximum absolute atomic E-state index is 11.6. The molecule has 104 valence electrons. The molecule has 0 radical (unpaired) electrons. The first-order valence-corrected chi connectivity index (χ1v) is 5.89. The third-order valence-electron chi connectivity index (χ3n) is 3.77. The molecule has 0 bridgehead atoms. The maximum Gasteiger partial charge on any atom is 0.407 e. The van der Waals surface area contributed by atoms with Crippen molar-refractivity contribution in [3.63, 3.8) is 0 Å². The minimum Gasteiger partial charge on any atom is -0.469 e. The molecule has 0 aliphatic carbocycles. The van der Waals surface area contributed by atoms with Crippen molar-refractivity contribution in [2.75, 3.05) is 13.7 Å². The van der Waals surface area contributed by atoms with E-state index in [4.69, 9.17) is 0 Å². The quantitative estimate of drug-likeness (QED) is 0.724. The van der Waals surface area contributed by atoms with E-state index in [0.29, 0.717) is 0 Å². The number of carboxylic acid groups (broad SMARTS) is 1. The Kier molecular flexibility index (Phi) is 3.90. The van der Waals surface area contributed by atoms with Gasteiger partial charge in [0.1, 0.15) is 0 Å². The highest BCUT2D eigenvalue weighted by atomic mass is 16.5. The van der Waals surface area contributed by atoms with Crippen LogP contribution in [0, 0.1) is 5.41 Å². The summed E-state index contributed by atoms with van der Waals surface area (Å²) in [6, 6.07) is 0. The Morgan fingerprint density at radius 3 is 2.39 bits per heavy atom. The molecule has 18 heavy (non-hydrogen) atoms. The average molecular weight is 259 g/mol. The average Bonchev–Trinajstić information content (AvgIpc) is 2.55. The first kappa shape index (κ1) is 14.8. The predicted octanol–water partition coefficient (Wildman–Crippen LogP) is 1.08. The molecule has 1 rings (SSSR count). The number of rotatable bonds is 2. The van der Waals surface area contributed by atoms with Gasteiger partial charge < -0.3 is 14.9 Å². The van der Waals surface area contributed by atoms with E-state index < -0.39 is 29.1 Å². The highest BCUT2D eigenvalue weighted by molar-refractivity contribution is 5.74. The number of ether oxygens (including phenoxy) is 1. The third-order valence-corrected chi connectivity index (χ3v) is 3.77. The van der Waals surface area contributed by atoms with Crippen molar-refractivity contribution >= 4 is 12.1 Å². The van der Waals surface area contributed by atoms with Crippen LogP contribution in [-0.4, -0.2) is 52.5 Å². The van der Waals surface area contributed by atoms with Crippen molar-refractivity contribution in [1.29, 1.82) is 0 Å². The van der Waals surface area contributed by atoms with Crippen LogP contribution >= 0.6 is 0 Å². The van der Waals surface area contributed by atoms with Gasteiger partial charge in [0.15, 0.2) is 0 Å². The summed E-state index contributed by atoms with van der Waals surface area (Å²) in [6.07, 6.45) is -1.66. The number of β-amino-alcohol motifs (C(OH)–C–C–N with tert-alkyl or cyclic N) is 1. The molecule has 1 aliphatic heterocycles. The van der Waals surface area contributed by atoms with Crippen LogP contribution in [0.2, 0.25) is 0 Å². The topological polar surface area (TPSA) is 87.1 Å². The molecule has 1 heterocycles. The lowest BCUT2D eigenvalue weighted by Gasteiger charge is -2.46. The molecule has 6 heteroatoms. The van der Waals surface area contributed by atoms with Gasteiger partial charge in [-0.2, -0.15) is 0 Å². The monoisotopic (exact) mass is 259 g/mol. The summed E-state index contributed by atoms with van der Waals surface area (Å²) in [5.74, 6) is -0.467. The van der Waals surface area contributed by atoms with Gasteiger partial charge in [0, 0.05) is 0 Å². The van der Waals surface area contributed by atoms with Gasteiger partial charge in [-0.15, -0.1) is 0 Å². The molecule has 2 N–H and O–H groups in total. The molecule has 0 spiro atoms. The summed E-state index contributed by atoms with van der Waals surface area (Å²) in [4.78, 5) is 24.1. The first-order chi connectivity index (χ1) is 8.14. The number of methoxy groups -OCH3 is 1. The van der Waals surface area contributed by atoms with Gasteiger partial charge in [0.2, 0.25) is 0 Å². The maximum atomic E-state index is 11.6. The lowest BCUT2D eigenvalue weighted by Crippen LogP contribution is -2.56. The molecule has 1 amide bonds. The first-order valence-electron chi connectivity index (χ1n) is 5.89. The number of amides is 1. The van der Waals surface area contributed by atoms with Crippen molar-refractivity contribution in [2.45, 2.75) is 45.3 Å². The van der Waals surface area contributed by atoms with Gasteiger partial charge in [-0.25, -0.2) is 4.79 Å². The fourth-order valence-electron chi connectivity index (χ4n) is 2.67. The molecule has 0 unspecified atom stereocenters. The second-order valence-electron chi connectivity index (χ2n) is 5.79. The summed E-state index contributed by atoms with van der Waals surface area (Å²) < 4.78 is 4.66. The molecule has 0 aromatic heterocycles. The zero-order valence-electron chi connectivity index (χ0n) is 11.3. The molecule has 2 atom stereocenters. The molecule has 0 saturated carbocycles. The van der Waals surface area contributed by atoms with Crippen molar-refractivity contribution in [1.82, 2.24) is 4.90 Å². The van der Waals surface area contributed by atoms with Gasteiger partial charge in [-0.05, 0) is 11.8 Å². The van der Waals surface area contributed by atoms with E-state index in [1.54, 1.807) is 0 Å². The van der Waals surface area contributed by atoms with E-state index in [2.05, 4.69) is 4.74 Å². The molecular weight excluding hydrogens is 238 g/mol. The SMILES string of the molecule is COC(=O)C[C@]1(C(C)(C)C)C[C@@H](O)CN1C(=O)O. The standard InChI is InChI=1S/C12H21NO5/c1-11(2,3)12(6-9(15)18-4)5-8(14)7-13(12)10(16)17/h8,14H,5-7H2,1-4H3,(H,16,17)/t8-,12+/m1/s1. The molecule has 0 aromatic carbocycles. The summed E-state index contributed by atoms with van der Waals surface area (Å²) in [5.41, 5.74) is -1.40. The highest BCUT2D eigenvalue weighted by Crippen LogP contribution is 2.46. The highest BCUT2D eigenvalue weighted by Gasteiger charge is 2.55. The Morgan fingerprint density at radius 1 is 1.44 bits per heavy atom. The lowest BCUT2D eigenvalue weighted by atomic mass is 9.69. The fraction of sp³-hybridized carbons (Fsp3) is 0.833. The number of esters is 1. The van der Waals surface area contributed by atoms with Crippen LogP contribution in [0.1, 0.15) is 33.6 Å². The van der Waals surface area contributed by atoms with E-state index in [0.717, 1.165) is 0 Å². The van der Waals surface area contributed by atoms with Crippen molar-refractivity contribution in [3.05, 3.63) is 0 Å². The largest absolute Gasteiger partial charge is 0.469 e. The molecular formula is C12H21NO5. The minimum atomic E-state index is -1.12. The van der Waals surface area contributed by atoms with Crippen LogP contribution in [0.25, 0.3) is 0 Å². The fourth-order valence-corrected chi connectivity index (χ4v) is 2.67. The van der Waals surface area contributed by atoms with E-state index in [1.807, 2.05) is 20.8 Å². The second kappa shape index (κ2) is 4.76. The molecule has 0 aromatic rings. The normalized spacial score (nSPS) is 28.3. The van der Waals surface area contributed by atoms with E-state index in [1.165, 1.54) is 12.0 Å². The molecule has 1 saturated heterocycles. The number of carbonyl (C=O) groups is 2. The predicted molar refractivity (Wildman–Crippen MR) is 64.2 cm³/mol. The second-order valence-corrected chi connectivity index (χ2v) is 5.79. The Labute approximate surface area is 107 Å². The number of likely N-dealkylation sites (tertiary alicyclic amines) is 1. The molecule has 1 aliphatic rings. The van der Waals surface area contributed by atoms with Crippen LogP contribution in [0.3, 0.4) is 0 Å². The zero-order chi connectivity index (χ0) is 14.1. The Balaban J connectivity index is 3.18. The summed E-state index contributed by atoms with van der Waals surface area (Å²) in [7, 11) is 1.27. The summed E-state index contributed by atoms with van der Waals surface area (Å²) in [5, 5.41) is 19.1. The number of hydrogen-bond donors (Lipinski definition) is 2. The van der Waals surface area contributed by atoms with Crippen molar-refractivity contribution in [2.24, 2.45) is 5.41 Å². The summed E-state index contributed by atoms with van der Waals surface area (Å²) in [6.45, 7) is 5.63. The smallest absolute Gasteiger partial charge is 0.407 e. The van der Waals surface area contributed by atoms with Crippen LogP contribution in [0.4, 0.5) is 4.79 Å². The zero-order valence-corrected chi connectivity index (χ0v) is 11.3. The Hall–Kier alpha value is -1.30. The van der Waals surface area contributed by atoms with Crippen LogP contribution < -0.4 is 0 Å². The molecule has 1 fully saturated rings. The number of aliphatic hydroxyl groups excluding tert-OH is 1. The van der Waals surface area contributed by atoms with Crippen LogP contribution in [0.15, 0.2) is 0 Å². The van der Waals surface area contributed by atoms with Crippen LogP contribution in [0.5, 0.6) is 0 Å². The van der Waals surface area contributed by atoms with Gasteiger partial charge in [-0.3, -0.25) is 9.69 Å². The number of carbonyl (C=O) groups excluding carboxylic acids is 1. The number of hydrogen-bond acceptors (Lipinski definition) is 4. The number of aliphatic hydroxyl groups is 1. The van der Waals surface area contributed by atoms with E-state index in [-0.39, 0.29) is 19.4 Å². The van der Waals surface area contributed by atoms with Crippen molar-refractivity contribution < 1.29 is 24.5 Å². The number of nitrogens with zero attached hydrogens (tertiary/aromatic N) is 1. The third kappa shape index (κ3) is 2.43. The lowest BCUT2D eigenvalue weighted by molar-refractivity contribution is -0.145. The Bertz CT molecular complexity index is 349. The molecule has 6 nitrogen and oxygen atoms in total. The van der Waals surface area contributed by atoms with Gasteiger partial charge in [0.25, 0.3) is 0 Å². The Morgan fingerprint density at radius 2 is 2.00 bits per heavy atom. The van der Waals surface area contributed by atoms with Gasteiger partial charge in [-0.1, -0.05) is 20.8 Å². The van der Waals surface area contributed by atoms with Gasteiger partial charge >= 0.3 is 12.1 Å². The minimum absolute atomic E-state index is 0.0313. The van der Waals surface area contributed by atoms with Crippen LogP contribution in [-0.2, 0) is 9.53 Å². The van der Waals surface area contributed by atoms with Gasteiger partial charge in [0.05, 0.1) is 31.7 Å².